The van der Waals surface area contributed by atoms with E-state index in [9.17, 15) is 21.4 Å². The molecule has 2 atom stereocenters. The summed E-state index contributed by atoms with van der Waals surface area (Å²) in [6.45, 7) is 1.98. The molecule has 2 N–H and O–H groups in total. The summed E-state index contributed by atoms with van der Waals surface area (Å²) in [6.07, 6.45) is 3.53. The van der Waals surface area contributed by atoms with Crippen molar-refractivity contribution in [2.24, 2.45) is 0 Å². The van der Waals surface area contributed by atoms with Gasteiger partial charge in [0.25, 0.3) is 10.1 Å². The summed E-state index contributed by atoms with van der Waals surface area (Å²) in [6, 6.07) is 0. The molecule has 0 saturated carbocycles. The molecule has 0 rings (SSSR count). The van der Waals surface area contributed by atoms with Crippen LogP contribution in [-0.2, 0) is 64.4 Å². The van der Waals surface area contributed by atoms with E-state index in [0.29, 0.717) is 6.42 Å². The molecule has 24 heavy (non-hydrogen) atoms. The Morgan fingerprint density at radius 1 is 0.917 bits per heavy atom. The van der Waals surface area contributed by atoms with Crippen molar-refractivity contribution in [3.05, 3.63) is 0 Å². The van der Waals surface area contributed by atoms with E-state index in [2.05, 4.69) is 27.0 Å². The number of unbranched alkanes of at least 4 members (excludes halogenated alkanes) is 4. The first-order valence-electron chi connectivity index (χ1n) is 6.26. The van der Waals surface area contributed by atoms with Crippen molar-refractivity contribution in [2.75, 3.05) is 5.75 Å². The molecule has 0 aliphatic rings. The van der Waals surface area contributed by atoms with Crippen molar-refractivity contribution in [2.45, 2.75) is 39.0 Å². The maximum atomic E-state index is 11.7. The first kappa shape index (κ1) is 24.2. The van der Waals surface area contributed by atoms with E-state index >= 15 is 0 Å². The second kappa shape index (κ2) is 12.5. The molecule has 17 heteroatoms. The molecular formula is C7H17O13PS3. The molecule has 0 bridgehead atoms. The third-order valence-electron chi connectivity index (χ3n) is 2.08. The quantitative estimate of drug-likeness (QED) is 0.124. The Kier molecular flexibility index (Phi) is 12.6. The molecule has 0 heterocycles. The van der Waals surface area contributed by atoms with Crippen LogP contribution in [0.4, 0.5) is 0 Å². The first-order chi connectivity index (χ1) is 11.1. The van der Waals surface area contributed by atoms with E-state index in [1.54, 1.807) is 0 Å². The fourth-order valence-corrected chi connectivity index (χ4v) is 3.55. The SMILES string of the molecule is CCCCCCCS(=O)(=O)OOP(=O)(OOS(=O)O)OOS(=O)O. The van der Waals surface area contributed by atoms with Crippen LogP contribution in [0, 0.1) is 0 Å². The van der Waals surface area contributed by atoms with E-state index in [1.807, 2.05) is 6.92 Å². The molecule has 0 aromatic rings. The fraction of sp³-hybridized carbons (Fsp3) is 1.00. The highest BCUT2D eigenvalue weighted by Gasteiger charge is 2.37. The van der Waals surface area contributed by atoms with Gasteiger partial charge in [-0.1, -0.05) is 45.6 Å². The molecule has 0 aromatic carbocycles. The molecule has 146 valence electrons. The number of rotatable bonds is 15. The topological polar surface area (TPSA) is 181 Å². The second-order valence-corrected chi connectivity index (χ2v) is 8.13. The van der Waals surface area contributed by atoms with Gasteiger partial charge in [0.1, 0.15) is 0 Å². The molecule has 13 nitrogen and oxygen atoms in total. The van der Waals surface area contributed by atoms with E-state index in [4.69, 9.17) is 9.11 Å². The van der Waals surface area contributed by atoms with Gasteiger partial charge in [-0.15, -0.1) is 14.0 Å². The van der Waals surface area contributed by atoms with Crippen molar-refractivity contribution in [1.29, 1.82) is 0 Å². The van der Waals surface area contributed by atoms with Crippen molar-refractivity contribution >= 4 is 40.7 Å². The van der Waals surface area contributed by atoms with Crippen molar-refractivity contribution in [1.82, 2.24) is 0 Å². The van der Waals surface area contributed by atoms with Crippen LogP contribution in [0.5, 0.6) is 0 Å². The Hall–Kier alpha value is 0.160. The average molecular weight is 436 g/mol. The lowest BCUT2D eigenvalue weighted by atomic mass is 10.2. The summed E-state index contributed by atoms with van der Waals surface area (Å²) in [4.78, 5) is 0. The van der Waals surface area contributed by atoms with Crippen molar-refractivity contribution in [3.8, 4) is 0 Å². The largest absolute Gasteiger partial charge is 0.559 e. The molecule has 2 unspecified atom stereocenters. The van der Waals surface area contributed by atoms with E-state index in [1.165, 1.54) is 0 Å². The molecule has 0 aliphatic carbocycles. The standard InChI is InChI=1S/C7H17O13PS3/c1-2-3-4-5-6-7-24(13,14)20-17-21(8,15-18-22(9)10)16-19-23(11)12/h2-7H2,1H3,(H,9,10)(H,11,12). The van der Waals surface area contributed by atoms with Gasteiger partial charge in [0.05, 0.1) is 5.75 Å². The highest BCUT2D eigenvalue weighted by molar-refractivity contribution is 7.86. The summed E-state index contributed by atoms with van der Waals surface area (Å²) in [7, 11) is -9.55. The number of phosphoric acid groups is 1. The molecule has 0 aliphatic heterocycles. The van der Waals surface area contributed by atoms with Crippen LogP contribution >= 0.6 is 7.82 Å². The Morgan fingerprint density at radius 3 is 1.88 bits per heavy atom. The van der Waals surface area contributed by atoms with E-state index in [0.717, 1.165) is 19.3 Å². The summed E-state index contributed by atoms with van der Waals surface area (Å²) in [5, 5.41) is 0. The van der Waals surface area contributed by atoms with Gasteiger partial charge in [-0.2, -0.15) is 16.8 Å². The predicted octanol–water partition coefficient (Wildman–Crippen LogP) is 1.51. The van der Waals surface area contributed by atoms with Crippen molar-refractivity contribution in [3.63, 3.8) is 0 Å². The predicted molar refractivity (Wildman–Crippen MR) is 78.2 cm³/mol. The summed E-state index contributed by atoms with van der Waals surface area (Å²) < 4.78 is 93.9. The van der Waals surface area contributed by atoms with Crippen LogP contribution in [-0.4, -0.2) is 31.7 Å². The van der Waals surface area contributed by atoms with Crippen LogP contribution in [0.2, 0.25) is 0 Å². The van der Waals surface area contributed by atoms with Crippen LogP contribution in [0.1, 0.15) is 39.0 Å². The maximum Gasteiger partial charge on any atom is 0.559 e. The Bertz CT molecular complexity index is 526. The zero-order chi connectivity index (χ0) is 18.6. The summed E-state index contributed by atoms with van der Waals surface area (Å²) in [5.74, 6) is -0.490. The highest BCUT2D eigenvalue weighted by atomic mass is 32.2. The minimum Gasteiger partial charge on any atom is -0.282 e. The molecular weight excluding hydrogens is 419 g/mol. The van der Waals surface area contributed by atoms with E-state index in [-0.39, 0.29) is 6.42 Å². The van der Waals surface area contributed by atoms with Crippen LogP contribution in [0.25, 0.3) is 0 Å². The number of hydrogen-bond donors (Lipinski definition) is 2. The fourth-order valence-electron chi connectivity index (χ4n) is 1.16. The minimum atomic E-state index is -5.23. The Labute approximate surface area is 143 Å². The molecule has 0 spiro atoms. The lowest BCUT2D eigenvalue weighted by molar-refractivity contribution is -0.233. The third-order valence-corrected chi connectivity index (χ3v) is 4.59. The van der Waals surface area contributed by atoms with Crippen LogP contribution in [0.15, 0.2) is 0 Å². The van der Waals surface area contributed by atoms with Gasteiger partial charge in [0.15, 0.2) is 0 Å². The van der Waals surface area contributed by atoms with Gasteiger partial charge in [0, 0.05) is 0 Å². The lowest BCUT2D eigenvalue weighted by Gasteiger charge is -2.11. The summed E-state index contributed by atoms with van der Waals surface area (Å²) in [5.41, 5.74) is 0. The van der Waals surface area contributed by atoms with Gasteiger partial charge >= 0.3 is 30.5 Å². The van der Waals surface area contributed by atoms with Crippen LogP contribution in [0.3, 0.4) is 0 Å². The van der Waals surface area contributed by atoms with Gasteiger partial charge < -0.3 is 0 Å². The second-order valence-electron chi connectivity index (χ2n) is 3.99. The number of hydrogen-bond acceptors (Lipinski definition) is 11. The molecule has 0 saturated heterocycles. The molecule has 0 amide bonds. The minimum absolute atomic E-state index is 0.228. The third kappa shape index (κ3) is 13.5. The zero-order valence-electron chi connectivity index (χ0n) is 12.3. The first-order valence-corrected chi connectivity index (χ1v) is 11.4. The van der Waals surface area contributed by atoms with Crippen molar-refractivity contribution < 1.29 is 57.5 Å². The normalized spacial score (nSPS) is 17.3. The molecule has 0 fully saturated rings. The highest BCUT2D eigenvalue weighted by Crippen LogP contribution is 2.50. The van der Waals surface area contributed by atoms with Crippen LogP contribution < -0.4 is 0 Å². The van der Waals surface area contributed by atoms with Gasteiger partial charge in [-0.3, -0.25) is 9.11 Å². The Balaban J connectivity index is 4.52. The van der Waals surface area contributed by atoms with E-state index < -0.39 is 46.4 Å². The zero-order valence-corrected chi connectivity index (χ0v) is 15.6. The molecule has 0 aromatic heterocycles. The molecule has 0 radical (unpaired) electrons. The smallest absolute Gasteiger partial charge is 0.282 e. The maximum absolute atomic E-state index is 11.7. The van der Waals surface area contributed by atoms with Gasteiger partial charge in [0.2, 0.25) is 0 Å². The summed E-state index contributed by atoms with van der Waals surface area (Å²) >= 11 is -6.23. The monoisotopic (exact) mass is 436 g/mol. The lowest BCUT2D eigenvalue weighted by Crippen LogP contribution is -2.13. The Morgan fingerprint density at radius 2 is 1.42 bits per heavy atom. The average Bonchev–Trinajstić information content (AvgIpc) is 2.49. The van der Waals surface area contributed by atoms with Gasteiger partial charge in [-0.25, -0.2) is 4.57 Å². The van der Waals surface area contributed by atoms with Gasteiger partial charge in [-0.05, 0) is 6.42 Å².